The summed E-state index contributed by atoms with van der Waals surface area (Å²) in [5, 5.41) is 12.2. The minimum Gasteiger partial charge on any atom is -0.382 e. The fourth-order valence-electron chi connectivity index (χ4n) is 4.45. The number of hydrogen-bond acceptors (Lipinski definition) is 6. The number of pyridine rings is 1. The van der Waals surface area contributed by atoms with E-state index < -0.39 is 23.6 Å². The van der Waals surface area contributed by atoms with E-state index >= 15 is 4.39 Å². The number of alkyl halides is 3. The standard InChI is InChI=1S/C24H22F4N8O/c25-17-9-14(1-2-18(17)34-23(37)35-20-10-15(5-8-31-20)24(26,27)28)16-11-19(13-3-6-30-7-4-13)36-21(16)22(29)32-12-33-36/h1-2,5,8-13,30H,3-4,6-7H2,(H2,29,32,33)(H2,31,34,35,37). The van der Waals surface area contributed by atoms with Gasteiger partial charge in [0.2, 0.25) is 0 Å². The van der Waals surface area contributed by atoms with Gasteiger partial charge in [-0.05, 0) is 61.8 Å². The minimum atomic E-state index is -4.59. The van der Waals surface area contributed by atoms with Gasteiger partial charge in [-0.1, -0.05) is 6.07 Å². The second-order valence-corrected chi connectivity index (χ2v) is 8.61. The van der Waals surface area contributed by atoms with Gasteiger partial charge < -0.3 is 16.4 Å². The molecular formula is C24H22F4N8O. The number of amides is 2. The Hall–Kier alpha value is -4.26. The number of urea groups is 1. The van der Waals surface area contributed by atoms with Gasteiger partial charge in [-0.15, -0.1) is 0 Å². The first-order chi connectivity index (χ1) is 17.7. The van der Waals surface area contributed by atoms with Gasteiger partial charge in [-0.2, -0.15) is 18.3 Å². The van der Waals surface area contributed by atoms with Gasteiger partial charge in [0.25, 0.3) is 0 Å². The Balaban J connectivity index is 1.40. The molecule has 13 heteroatoms. The molecule has 1 aliphatic heterocycles. The molecule has 1 aliphatic rings. The van der Waals surface area contributed by atoms with E-state index in [-0.39, 0.29) is 23.2 Å². The fraction of sp³-hybridized carbons (Fsp3) is 0.250. The third-order valence-electron chi connectivity index (χ3n) is 6.22. The maximum atomic E-state index is 15.0. The van der Waals surface area contributed by atoms with Crippen LogP contribution in [0.3, 0.4) is 0 Å². The number of halogens is 4. The lowest BCUT2D eigenvalue weighted by atomic mass is 9.94. The topological polar surface area (TPSA) is 122 Å². The summed E-state index contributed by atoms with van der Waals surface area (Å²) in [5.41, 5.74) is 7.69. The maximum absolute atomic E-state index is 15.0. The van der Waals surface area contributed by atoms with Crippen molar-refractivity contribution < 1.29 is 22.4 Å². The Morgan fingerprint density at radius 2 is 1.86 bits per heavy atom. The van der Waals surface area contributed by atoms with Crippen LogP contribution in [0.2, 0.25) is 0 Å². The highest BCUT2D eigenvalue weighted by Crippen LogP contribution is 2.36. The van der Waals surface area contributed by atoms with Crippen molar-refractivity contribution in [2.45, 2.75) is 24.9 Å². The number of piperidine rings is 1. The highest BCUT2D eigenvalue weighted by molar-refractivity contribution is 5.99. The third-order valence-corrected chi connectivity index (χ3v) is 6.22. The van der Waals surface area contributed by atoms with Crippen LogP contribution in [0.5, 0.6) is 0 Å². The molecule has 0 aliphatic carbocycles. The molecule has 4 aromatic rings. The zero-order chi connectivity index (χ0) is 26.2. The van der Waals surface area contributed by atoms with Gasteiger partial charge in [-0.3, -0.25) is 5.32 Å². The van der Waals surface area contributed by atoms with Crippen LogP contribution in [-0.4, -0.2) is 38.7 Å². The van der Waals surface area contributed by atoms with Gasteiger partial charge >= 0.3 is 12.2 Å². The number of nitrogens with zero attached hydrogens (tertiary/aromatic N) is 4. The first-order valence-corrected chi connectivity index (χ1v) is 11.4. The molecular weight excluding hydrogens is 492 g/mol. The molecule has 0 radical (unpaired) electrons. The van der Waals surface area contributed by atoms with E-state index in [0.29, 0.717) is 22.7 Å². The van der Waals surface area contributed by atoms with Crippen LogP contribution in [0.15, 0.2) is 48.9 Å². The number of benzene rings is 1. The molecule has 1 saturated heterocycles. The number of nitrogens with one attached hydrogen (secondary N) is 3. The molecule has 0 bridgehead atoms. The highest BCUT2D eigenvalue weighted by Gasteiger charge is 2.31. The molecule has 4 heterocycles. The first-order valence-electron chi connectivity index (χ1n) is 11.4. The Morgan fingerprint density at radius 3 is 2.59 bits per heavy atom. The number of rotatable bonds is 4. The van der Waals surface area contributed by atoms with Gasteiger partial charge in [0.05, 0.1) is 11.3 Å². The predicted octanol–water partition coefficient (Wildman–Crippen LogP) is 4.64. The highest BCUT2D eigenvalue weighted by atomic mass is 19.4. The number of carbonyl (C=O) groups is 1. The molecule has 5 rings (SSSR count). The van der Waals surface area contributed by atoms with E-state index in [1.807, 2.05) is 6.07 Å². The minimum absolute atomic E-state index is 0.167. The molecule has 0 unspecified atom stereocenters. The van der Waals surface area contributed by atoms with Crippen molar-refractivity contribution in [3.63, 3.8) is 0 Å². The van der Waals surface area contributed by atoms with Gasteiger partial charge in [0.15, 0.2) is 5.82 Å². The Morgan fingerprint density at radius 1 is 1.08 bits per heavy atom. The summed E-state index contributed by atoms with van der Waals surface area (Å²) in [6, 6.07) is 6.66. The van der Waals surface area contributed by atoms with Crippen molar-refractivity contribution >= 4 is 28.9 Å². The van der Waals surface area contributed by atoms with Crippen molar-refractivity contribution in [1.82, 2.24) is 24.9 Å². The van der Waals surface area contributed by atoms with E-state index in [9.17, 15) is 18.0 Å². The van der Waals surface area contributed by atoms with Gasteiger partial charge in [0, 0.05) is 23.4 Å². The molecule has 2 amide bonds. The molecule has 5 N–H and O–H groups in total. The molecule has 0 saturated carbocycles. The van der Waals surface area contributed by atoms with Crippen molar-refractivity contribution in [1.29, 1.82) is 0 Å². The number of aromatic nitrogens is 4. The molecule has 0 spiro atoms. The fourth-order valence-corrected chi connectivity index (χ4v) is 4.45. The van der Waals surface area contributed by atoms with Crippen LogP contribution in [0.25, 0.3) is 16.6 Å². The monoisotopic (exact) mass is 514 g/mol. The van der Waals surface area contributed by atoms with E-state index in [4.69, 9.17) is 5.73 Å². The Kier molecular flexibility index (Phi) is 6.38. The lowest BCUT2D eigenvalue weighted by Gasteiger charge is -2.22. The van der Waals surface area contributed by atoms with Crippen LogP contribution < -0.4 is 21.7 Å². The van der Waals surface area contributed by atoms with Gasteiger partial charge in [-0.25, -0.2) is 23.7 Å². The van der Waals surface area contributed by atoms with Crippen molar-refractivity contribution in [3.8, 4) is 11.1 Å². The van der Waals surface area contributed by atoms with Crippen LogP contribution in [0.4, 0.5) is 39.7 Å². The summed E-state index contributed by atoms with van der Waals surface area (Å²) in [7, 11) is 0. The molecule has 1 fully saturated rings. The van der Waals surface area contributed by atoms with Crippen molar-refractivity contribution in [3.05, 3.63) is 66.0 Å². The molecule has 1 aromatic carbocycles. The summed E-state index contributed by atoms with van der Waals surface area (Å²) >= 11 is 0. The normalized spacial score (nSPS) is 14.6. The first kappa shape index (κ1) is 24.4. The third kappa shape index (κ3) is 5.03. The summed E-state index contributed by atoms with van der Waals surface area (Å²) < 4.78 is 55.4. The lowest BCUT2D eigenvalue weighted by Crippen LogP contribution is -2.27. The SMILES string of the molecule is Nc1ncnn2c(C3CCNCC3)cc(-c3ccc(NC(=O)Nc4cc(C(F)(F)F)ccn4)c(F)c3)c12. The predicted molar refractivity (Wildman–Crippen MR) is 130 cm³/mol. The summed E-state index contributed by atoms with van der Waals surface area (Å²) in [6.45, 7) is 1.75. The zero-order valence-corrected chi connectivity index (χ0v) is 19.3. The molecule has 37 heavy (non-hydrogen) atoms. The van der Waals surface area contributed by atoms with Crippen molar-refractivity contribution in [2.75, 3.05) is 29.5 Å². The summed E-state index contributed by atoms with van der Waals surface area (Å²) in [6.07, 6.45) is -0.458. The summed E-state index contributed by atoms with van der Waals surface area (Å²) in [4.78, 5) is 20.1. The largest absolute Gasteiger partial charge is 0.416 e. The molecule has 3 aromatic heterocycles. The number of fused-ring (bicyclic) bond motifs is 1. The summed E-state index contributed by atoms with van der Waals surface area (Å²) in [5.74, 6) is -0.579. The van der Waals surface area contributed by atoms with E-state index in [0.717, 1.165) is 43.9 Å². The number of nitrogen functional groups attached to an aromatic ring is 1. The number of hydrogen-bond donors (Lipinski definition) is 4. The van der Waals surface area contributed by atoms with E-state index in [1.165, 1.54) is 18.5 Å². The average molecular weight is 514 g/mol. The van der Waals surface area contributed by atoms with Crippen LogP contribution in [-0.2, 0) is 6.18 Å². The second-order valence-electron chi connectivity index (χ2n) is 8.61. The average Bonchev–Trinajstić information content (AvgIpc) is 3.26. The van der Waals surface area contributed by atoms with Gasteiger partial charge in [0.1, 0.15) is 23.5 Å². The number of nitrogens with two attached hydrogens (primary N) is 1. The lowest BCUT2D eigenvalue weighted by molar-refractivity contribution is -0.137. The number of anilines is 3. The second kappa shape index (κ2) is 9.65. The maximum Gasteiger partial charge on any atom is 0.416 e. The Bertz CT molecular complexity index is 1460. The smallest absolute Gasteiger partial charge is 0.382 e. The van der Waals surface area contributed by atoms with Crippen LogP contribution in [0, 0.1) is 5.82 Å². The molecule has 192 valence electrons. The quantitative estimate of drug-likeness (QED) is 0.294. The van der Waals surface area contributed by atoms with E-state index in [2.05, 4.69) is 31.0 Å². The Labute approximate surface area is 208 Å². The van der Waals surface area contributed by atoms with E-state index in [1.54, 1.807) is 10.6 Å². The molecule has 9 nitrogen and oxygen atoms in total. The zero-order valence-electron chi connectivity index (χ0n) is 19.3. The molecule has 0 atom stereocenters. The van der Waals surface area contributed by atoms with Crippen molar-refractivity contribution in [2.24, 2.45) is 0 Å². The van der Waals surface area contributed by atoms with Crippen LogP contribution in [0.1, 0.15) is 30.0 Å². The number of carbonyl (C=O) groups excluding carboxylic acids is 1. The van der Waals surface area contributed by atoms with Crippen LogP contribution >= 0.6 is 0 Å².